The quantitative estimate of drug-likeness (QED) is 0.733. The molecule has 0 radical (unpaired) electrons. The van der Waals surface area contributed by atoms with E-state index in [-0.39, 0.29) is 12.4 Å². The number of rotatable bonds is 2. The van der Waals surface area contributed by atoms with Gasteiger partial charge in [-0.1, -0.05) is 11.6 Å². The molecule has 120 valence electrons. The maximum Gasteiger partial charge on any atom is 0.349 e. The summed E-state index contributed by atoms with van der Waals surface area (Å²) in [4.78, 5) is 24.5. The highest BCUT2D eigenvalue weighted by atomic mass is 16.7. The molecule has 0 atom stereocenters. The molecule has 0 bridgehead atoms. The van der Waals surface area contributed by atoms with Gasteiger partial charge in [0.15, 0.2) is 11.5 Å². The van der Waals surface area contributed by atoms with Crippen molar-refractivity contribution in [1.82, 2.24) is 0 Å². The van der Waals surface area contributed by atoms with Gasteiger partial charge in [0.2, 0.25) is 6.79 Å². The third-order valence-corrected chi connectivity index (χ3v) is 3.76. The number of carbonyl (C=O) groups is 1. The van der Waals surface area contributed by atoms with Crippen LogP contribution in [-0.4, -0.2) is 12.7 Å². The van der Waals surface area contributed by atoms with Crippen molar-refractivity contribution in [3.8, 4) is 11.5 Å². The summed E-state index contributed by atoms with van der Waals surface area (Å²) in [6, 6.07) is 12.0. The van der Waals surface area contributed by atoms with E-state index in [9.17, 15) is 9.59 Å². The molecule has 6 heteroatoms. The number of carbonyl (C=O) groups excluding carboxylic acids is 1. The van der Waals surface area contributed by atoms with Gasteiger partial charge in [-0.2, -0.15) is 0 Å². The number of nitrogens with one attached hydrogen (secondary N) is 1. The number of fused-ring (bicyclic) bond motifs is 2. The zero-order valence-electron chi connectivity index (χ0n) is 12.8. The molecule has 0 saturated heterocycles. The van der Waals surface area contributed by atoms with Gasteiger partial charge in [-0.25, -0.2) is 4.79 Å². The maximum atomic E-state index is 12.4. The van der Waals surface area contributed by atoms with Crippen molar-refractivity contribution in [2.45, 2.75) is 6.92 Å². The summed E-state index contributed by atoms with van der Waals surface area (Å²) >= 11 is 0. The first-order valence-electron chi connectivity index (χ1n) is 7.36. The van der Waals surface area contributed by atoms with Gasteiger partial charge in [0.05, 0.1) is 0 Å². The second-order valence-electron chi connectivity index (χ2n) is 5.51. The second kappa shape index (κ2) is 5.42. The standard InChI is InChI=1S/C18H13NO5/c1-10-2-4-14-11(6-10)7-13(18(21)24-14)17(20)19-12-3-5-15-16(8-12)23-9-22-15/h2-8H,9H2,1H3,(H,19,20). The summed E-state index contributed by atoms with van der Waals surface area (Å²) in [7, 11) is 0. The summed E-state index contributed by atoms with van der Waals surface area (Å²) in [5.41, 5.74) is 1.24. The van der Waals surface area contributed by atoms with Crippen molar-refractivity contribution >= 4 is 22.6 Å². The van der Waals surface area contributed by atoms with Crippen LogP contribution in [-0.2, 0) is 0 Å². The minimum atomic E-state index is -0.676. The lowest BCUT2D eigenvalue weighted by Gasteiger charge is -2.06. The van der Waals surface area contributed by atoms with Crippen LogP contribution in [0.2, 0.25) is 0 Å². The molecular formula is C18H13NO5. The fraction of sp³-hybridized carbons (Fsp3) is 0.111. The maximum absolute atomic E-state index is 12.4. The first kappa shape index (κ1) is 14.3. The normalized spacial score (nSPS) is 12.4. The van der Waals surface area contributed by atoms with Crippen LogP contribution in [0.1, 0.15) is 15.9 Å². The molecule has 1 amide bonds. The molecule has 6 nitrogen and oxygen atoms in total. The van der Waals surface area contributed by atoms with Crippen LogP contribution in [0.4, 0.5) is 5.69 Å². The van der Waals surface area contributed by atoms with E-state index in [0.29, 0.717) is 28.2 Å². The Balaban J connectivity index is 1.68. The predicted octanol–water partition coefficient (Wildman–Crippen LogP) is 3.08. The van der Waals surface area contributed by atoms with E-state index in [4.69, 9.17) is 13.9 Å². The Labute approximate surface area is 136 Å². The number of hydrogen-bond donors (Lipinski definition) is 1. The summed E-state index contributed by atoms with van der Waals surface area (Å²) in [6.07, 6.45) is 0. The average molecular weight is 323 g/mol. The van der Waals surface area contributed by atoms with Gasteiger partial charge in [0.25, 0.3) is 5.91 Å². The number of anilines is 1. The van der Waals surface area contributed by atoms with Gasteiger partial charge in [-0.15, -0.1) is 0 Å². The monoisotopic (exact) mass is 323 g/mol. The lowest BCUT2D eigenvalue weighted by atomic mass is 10.1. The second-order valence-corrected chi connectivity index (χ2v) is 5.51. The van der Waals surface area contributed by atoms with Gasteiger partial charge in [0.1, 0.15) is 11.1 Å². The first-order chi connectivity index (χ1) is 11.6. The molecule has 2 heterocycles. The van der Waals surface area contributed by atoms with Gasteiger partial charge >= 0.3 is 5.63 Å². The van der Waals surface area contributed by atoms with Crippen LogP contribution in [0.25, 0.3) is 11.0 Å². The molecular weight excluding hydrogens is 310 g/mol. The minimum absolute atomic E-state index is 0.0502. The van der Waals surface area contributed by atoms with Crippen molar-refractivity contribution < 1.29 is 18.7 Å². The van der Waals surface area contributed by atoms with Crippen molar-refractivity contribution in [3.05, 3.63) is 64.0 Å². The van der Waals surface area contributed by atoms with Gasteiger partial charge in [0, 0.05) is 17.1 Å². The Morgan fingerprint density at radius 3 is 2.75 bits per heavy atom. The highest BCUT2D eigenvalue weighted by Crippen LogP contribution is 2.34. The van der Waals surface area contributed by atoms with Crippen molar-refractivity contribution in [2.24, 2.45) is 0 Å². The average Bonchev–Trinajstić information content (AvgIpc) is 3.02. The molecule has 0 fully saturated rings. The highest BCUT2D eigenvalue weighted by molar-refractivity contribution is 6.05. The molecule has 2 aromatic carbocycles. The van der Waals surface area contributed by atoms with Gasteiger partial charge < -0.3 is 19.2 Å². The van der Waals surface area contributed by atoms with Gasteiger partial charge in [-0.3, -0.25) is 4.79 Å². The number of benzene rings is 2. The van der Waals surface area contributed by atoms with Crippen LogP contribution in [0.3, 0.4) is 0 Å². The highest BCUT2D eigenvalue weighted by Gasteiger charge is 2.17. The zero-order chi connectivity index (χ0) is 16.7. The molecule has 0 unspecified atom stereocenters. The van der Waals surface area contributed by atoms with Crippen LogP contribution >= 0.6 is 0 Å². The van der Waals surface area contributed by atoms with Crippen molar-refractivity contribution in [2.75, 3.05) is 12.1 Å². The Morgan fingerprint density at radius 2 is 1.88 bits per heavy atom. The fourth-order valence-electron chi connectivity index (χ4n) is 2.57. The SMILES string of the molecule is Cc1ccc2oc(=O)c(C(=O)Nc3ccc4c(c3)OCO4)cc2c1. The molecule has 1 aliphatic rings. The molecule has 3 aromatic rings. The van der Waals surface area contributed by atoms with Gasteiger partial charge in [-0.05, 0) is 37.3 Å². The van der Waals surface area contributed by atoms with Crippen molar-refractivity contribution in [1.29, 1.82) is 0 Å². The molecule has 1 aromatic heterocycles. The Hall–Kier alpha value is -3.28. The third-order valence-electron chi connectivity index (χ3n) is 3.76. The first-order valence-corrected chi connectivity index (χ1v) is 7.36. The summed E-state index contributed by atoms with van der Waals surface area (Å²) in [5.74, 6) is 0.633. The van der Waals surface area contributed by atoms with E-state index in [1.54, 1.807) is 24.3 Å². The van der Waals surface area contributed by atoms with Crippen LogP contribution in [0.5, 0.6) is 11.5 Å². The molecule has 1 N–H and O–H groups in total. The molecule has 0 aliphatic carbocycles. The largest absolute Gasteiger partial charge is 0.454 e. The minimum Gasteiger partial charge on any atom is -0.454 e. The fourth-order valence-corrected chi connectivity index (χ4v) is 2.57. The molecule has 24 heavy (non-hydrogen) atoms. The van der Waals surface area contributed by atoms with E-state index in [1.165, 1.54) is 6.07 Å². The smallest absolute Gasteiger partial charge is 0.349 e. The van der Waals surface area contributed by atoms with E-state index >= 15 is 0 Å². The van der Waals surface area contributed by atoms with E-state index < -0.39 is 11.5 Å². The molecule has 1 aliphatic heterocycles. The number of aryl methyl sites for hydroxylation is 1. The predicted molar refractivity (Wildman–Crippen MR) is 87.7 cm³/mol. The molecule has 0 saturated carbocycles. The van der Waals surface area contributed by atoms with E-state index in [2.05, 4.69) is 5.32 Å². The molecule has 0 spiro atoms. The summed E-state index contributed by atoms with van der Waals surface area (Å²) < 4.78 is 15.7. The van der Waals surface area contributed by atoms with E-state index in [1.807, 2.05) is 19.1 Å². The van der Waals surface area contributed by atoms with Crippen LogP contribution < -0.4 is 20.4 Å². The number of hydrogen-bond acceptors (Lipinski definition) is 5. The zero-order valence-corrected chi connectivity index (χ0v) is 12.8. The Morgan fingerprint density at radius 1 is 1.04 bits per heavy atom. The van der Waals surface area contributed by atoms with Crippen molar-refractivity contribution in [3.63, 3.8) is 0 Å². The topological polar surface area (TPSA) is 77.8 Å². The lowest BCUT2D eigenvalue weighted by Crippen LogP contribution is -2.20. The Bertz CT molecular complexity index is 1020. The van der Waals surface area contributed by atoms with Crippen LogP contribution in [0, 0.1) is 6.92 Å². The Kier molecular flexibility index (Phi) is 3.23. The summed E-state index contributed by atoms with van der Waals surface area (Å²) in [5, 5.41) is 3.37. The number of amides is 1. The number of ether oxygens (including phenoxy) is 2. The lowest BCUT2D eigenvalue weighted by molar-refractivity contribution is 0.102. The summed E-state index contributed by atoms with van der Waals surface area (Å²) in [6.45, 7) is 2.08. The third kappa shape index (κ3) is 2.48. The van der Waals surface area contributed by atoms with Crippen LogP contribution in [0.15, 0.2) is 51.7 Å². The van der Waals surface area contributed by atoms with E-state index in [0.717, 1.165) is 5.56 Å². The molecule has 4 rings (SSSR count).